The SMILES string of the molecule is O=S([O-])c1ccc(Nc2ncc3cc4n(c3n2)C2(CCCCC2)C(F)=NN4C2CC2)cc1. The maximum Gasteiger partial charge on any atom is 0.234 e. The Morgan fingerprint density at radius 1 is 1.16 bits per heavy atom. The predicted molar refractivity (Wildman–Crippen MR) is 120 cm³/mol. The number of nitrogens with one attached hydrogen (secondary N) is 1. The third-order valence-electron chi connectivity index (χ3n) is 6.64. The van der Waals surface area contributed by atoms with Gasteiger partial charge in [-0.25, -0.2) is 9.99 Å². The molecule has 3 aliphatic rings. The van der Waals surface area contributed by atoms with E-state index in [0.29, 0.717) is 30.1 Å². The van der Waals surface area contributed by atoms with Crippen molar-refractivity contribution in [2.24, 2.45) is 5.10 Å². The summed E-state index contributed by atoms with van der Waals surface area (Å²) in [5.74, 6) is 0.948. The van der Waals surface area contributed by atoms with Crippen LogP contribution in [0.15, 0.2) is 46.5 Å². The Balaban J connectivity index is 1.44. The van der Waals surface area contributed by atoms with E-state index in [-0.39, 0.29) is 16.9 Å². The number of halogens is 1. The number of rotatable bonds is 4. The summed E-state index contributed by atoms with van der Waals surface area (Å²) in [7, 11) is 0. The normalized spacial score (nSPS) is 20.8. The molecule has 2 saturated carbocycles. The molecule has 1 aromatic carbocycles. The average molecular weight is 454 g/mol. The highest BCUT2D eigenvalue weighted by atomic mass is 32.2. The topological polar surface area (TPSA) is 98.5 Å². The van der Waals surface area contributed by atoms with E-state index >= 15 is 4.39 Å². The quantitative estimate of drug-likeness (QED) is 0.590. The highest BCUT2D eigenvalue weighted by molar-refractivity contribution is 7.79. The Labute approximate surface area is 186 Å². The molecular weight excluding hydrogens is 431 g/mol. The minimum Gasteiger partial charge on any atom is -0.768 e. The van der Waals surface area contributed by atoms with Gasteiger partial charge in [-0.3, -0.25) is 8.78 Å². The van der Waals surface area contributed by atoms with Gasteiger partial charge >= 0.3 is 0 Å². The Morgan fingerprint density at radius 3 is 2.59 bits per heavy atom. The van der Waals surface area contributed by atoms with Gasteiger partial charge in [0.1, 0.15) is 17.0 Å². The van der Waals surface area contributed by atoms with Crippen LogP contribution in [0, 0.1) is 0 Å². The highest BCUT2D eigenvalue weighted by Gasteiger charge is 2.48. The second-order valence-corrected chi connectivity index (χ2v) is 9.69. The number of anilines is 3. The molecule has 1 atom stereocenters. The standard InChI is InChI=1S/C22H23FN6O2S/c23-20-22(10-2-1-3-11-22)28-18(29(27-20)16-6-7-16)12-14-13-24-21(26-19(14)28)25-15-4-8-17(9-5-15)32(30)31/h4-5,8-9,12-13,16H,1-3,6-7,10-11H2,(H,30,31)(H,24,25,26)/p-1. The van der Waals surface area contributed by atoms with Crippen LogP contribution < -0.4 is 10.3 Å². The van der Waals surface area contributed by atoms with Gasteiger partial charge in [0.2, 0.25) is 11.9 Å². The first kappa shape index (κ1) is 19.8. The fourth-order valence-electron chi connectivity index (χ4n) is 4.89. The van der Waals surface area contributed by atoms with Crippen LogP contribution in [0.3, 0.4) is 0 Å². The van der Waals surface area contributed by atoms with Gasteiger partial charge in [-0.15, -0.1) is 5.10 Å². The molecule has 0 saturated heterocycles. The van der Waals surface area contributed by atoms with Crippen molar-refractivity contribution in [1.29, 1.82) is 0 Å². The molecule has 0 amide bonds. The van der Waals surface area contributed by atoms with Gasteiger partial charge in [0.25, 0.3) is 0 Å². The average Bonchev–Trinajstić information content (AvgIpc) is 3.57. The lowest BCUT2D eigenvalue weighted by molar-refractivity contribution is 0.262. The molecule has 1 unspecified atom stereocenters. The van der Waals surface area contributed by atoms with Crippen molar-refractivity contribution < 1.29 is 13.2 Å². The van der Waals surface area contributed by atoms with E-state index in [9.17, 15) is 8.76 Å². The first-order valence-corrected chi connectivity index (χ1v) is 12.0. The second kappa shape index (κ2) is 7.35. The van der Waals surface area contributed by atoms with Crippen molar-refractivity contribution >= 4 is 45.5 Å². The number of benzene rings is 1. The summed E-state index contributed by atoms with van der Waals surface area (Å²) in [6, 6.07) is 8.60. The molecule has 0 bridgehead atoms. The molecule has 0 radical (unpaired) electrons. The molecular formula is C22H22FN6O2S-. The van der Waals surface area contributed by atoms with Crippen molar-refractivity contribution in [3.05, 3.63) is 36.5 Å². The third kappa shape index (κ3) is 3.12. The Kier molecular flexibility index (Phi) is 4.55. The zero-order valence-electron chi connectivity index (χ0n) is 17.3. The number of fused-ring (bicyclic) bond motifs is 4. The van der Waals surface area contributed by atoms with E-state index in [1.807, 2.05) is 11.1 Å². The largest absolute Gasteiger partial charge is 0.768 e. The van der Waals surface area contributed by atoms with Crippen LogP contribution >= 0.6 is 0 Å². The minimum atomic E-state index is -2.27. The van der Waals surface area contributed by atoms with E-state index in [1.54, 1.807) is 18.3 Å². The summed E-state index contributed by atoms with van der Waals surface area (Å²) in [6.07, 6.45) is 8.18. The van der Waals surface area contributed by atoms with Crippen LogP contribution in [0.1, 0.15) is 44.9 Å². The lowest BCUT2D eigenvalue weighted by Gasteiger charge is -2.42. The van der Waals surface area contributed by atoms with Crippen LogP contribution in [0.4, 0.5) is 21.8 Å². The van der Waals surface area contributed by atoms with E-state index in [0.717, 1.165) is 43.3 Å². The zero-order valence-corrected chi connectivity index (χ0v) is 18.1. The number of hydrogen-bond acceptors (Lipinski definition) is 7. The maximum absolute atomic E-state index is 15.6. The van der Waals surface area contributed by atoms with Gasteiger partial charge in [0.15, 0.2) is 0 Å². The van der Waals surface area contributed by atoms with Gasteiger partial charge in [-0.05, 0) is 67.1 Å². The van der Waals surface area contributed by atoms with Gasteiger partial charge in [0.05, 0.1) is 6.04 Å². The number of aromatic nitrogens is 3. The zero-order chi connectivity index (χ0) is 21.9. The van der Waals surface area contributed by atoms with Crippen molar-refractivity contribution in [3.63, 3.8) is 0 Å². The summed E-state index contributed by atoms with van der Waals surface area (Å²) in [5.41, 5.74) is 0.572. The van der Waals surface area contributed by atoms with Crippen molar-refractivity contribution in [2.75, 3.05) is 10.3 Å². The number of hydrogen-bond donors (Lipinski definition) is 1. The molecule has 6 rings (SSSR count). The summed E-state index contributed by atoms with van der Waals surface area (Å²) in [4.78, 5) is 9.41. The number of hydrazone groups is 1. The molecule has 1 N–H and O–H groups in total. The molecule has 1 aliphatic heterocycles. The molecule has 10 heteroatoms. The Hall–Kier alpha value is -2.85. The highest BCUT2D eigenvalue weighted by Crippen LogP contribution is 2.47. The number of nitrogens with zero attached hydrogens (tertiary/aromatic N) is 5. The molecule has 1 spiro atoms. The summed E-state index contributed by atoms with van der Waals surface area (Å²) >= 11 is -2.27. The fraction of sp³-hybridized carbons (Fsp3) is 0.409. The van der Waals surface area contributed by atoms with Crippen molar-refractivity contribution in [2.45, 2.75) is 61.4 Å². The Morgan fingerprint density at radius 2 is 1.91 bits per heavy atom. The summed E-state index contributed by atoms with van der Waals surface area (Å²) in [6.45, 7) is 0. The first-order chi connectivity index (χ1) is 15.5. The van der Waals surface area contributed by atoms with Crippen LogP contribution in [-0.4, -0.2) is 35.3 Å². The second-order valence-electron chi connectivity index (χ2n) is 8.75. The minimum absolute atomic E-state index is 0.210. The smallest absolute Gasteiger partial charge is 0.234 e. The van der Waals surface area contributed by atoms with E-state index in [2.05, 4.69) is 20.0 Å². The molecule has 3 aromatic rings. The summed E-state index contributed by atoms with van der Waals surface area (Å²) < 4.78 is 39.8. The first-order valence-electron chi connectivity index (χ1n) is 10.9. The van der Waals surface area contributed by atoms with E-state index < -0.39 is 16.6 Å². The van der Waals surface area contributed by atoms with Crippen LogP contribution in [0.5, 0.6) is 0 Å². The van der Waals surface area contributed by atoms with Gasteiger partial charge in [-0.2, -0.15) is 9.37 Å². The fourth-order valence-corrected chi connectivity index (χ4v) is 5.25. The molecule has 32 heavy (non-hydrogen) atoms. The monoisotopic (exact) mass is 453 g/mol. The lowest BCUT2D eigenvalue weighted by Crippen LogP contribution is -2.48. The van der Waals surface area contributed by atoms with Crippen LogP contribution in [-0.2, 0) is 16.6 Å². The third-order valence-corrected chi connectivity index (χ3v) is 7.30. The molecule has 2 fully saturated rings. The predicted octanol–water partition coefficient (Wildman–Crippen LogP) is 4.34. The maximum atomic E-state index is 15.6. The Bertz CT molecular complexity index is 1250. The lowest BCUT2D eigenvalue weighted by atomic mass is 9.81. The van der Waals surface area contributed by atoms with E-state index in [4.69, 9.17) is 4.98 Å². The van der Waals surface area contributed by atoms with Crippen molar-refractivity contribution in [3.8, 4) is 0 Å². The molecule has 2 aliphatic carbocycles. The molecule has 166 valence electrons. The molecule has 8 nitrogen and oxygen atoms in total. The van der Waals surface area contributed by atoms with Crippen LogP contribution in [0.2, 0.25) is 0 Å². The van der Waals surface area contributed by atoms with Gasteiger partial charge < -0.3 is 9.87 Å². The molecule has 3 heterocycles. The van der Waals surface area contributed by atoms with Crippen molar-refractivity contribution in [1.82, 2.24) is 14.5 Å². The van der Waals surface area contributed by atoms with Gasteiger partial charge in [0, 0.05) is 22.2 Å². The summed E-state index contributed by atoms with van der Waals surface area (Å²) in [5, 5.41) is 10.2. The van der Waals surface area contributed by atoms with Gasteiger partial charge in [-0.1, -0.05) is 19.3 Å². The van der Waals surface area contributed by atoms with E-state index in [1.165, 1.54) is 12.1 Å². The van der Waals surface area contributed by atoms with Crippen LogP contribution in [0.25, 0.3) is 11.0 Å². The molecule has 2 aromatic heterocycles.